The van der Waals surface area contributed by atoms with E-state index in [1.807, 2.05) is 54.6 Å². The summed E-state index contributed by atoms with van der Waals surface area (Å²) in [6.45, 7) is 2.00. The van der Waals surface area contributed by atoms with Crippen LogP contribution in [0.2, 0.25) is 0 Å². The second-order valence-electron chi connectivity index (χ2n) is 6.88. The summed E-state index contributed by atoms with van der Waals surface area (Å²) in [4.78, 5) is 32.3. The average Bonchev–Trinajstić information content (AvgIpc) is 3.21. The third-order valence-corrected chi connectivity index (χ3v) is 5.21. The molecule has 0 atom stereocenters. The van der Waals surface area contributed by atoms with E-state index in [4.69, 9.17) is 5.26 Å². The number of nitrogens with one attached hydrogen (secondary N) is 1. The van der Waals surface area contributed by atoms with Crippen molar-refractivity contribution in [2.45, 2.75) is 0 Å². The van der Waals surface area contributed by atoms with Crippen LogP contribution in [0.4, 0.5) is 0 Å². The summed E-state index contributed by atoms with van der Waals surface area (Å²) < 4.78 is 0. The number of ketones is 1. The molecule has 144 valence electrons. The summed E-state index contributed by atoms with van der Waals surface area (Å²) in [6, 6.07) is 19.3. The summed E-state index contributed by atoms with van der Waals surface area (Å²) in [5, 5.41) is 9.93. The maximum atomic E-state index is 12.8. The number of hydrogen-bond acceptors (Lipinski definition) is 4. The molecule has 2 heterocycles. The normalized spacial score (nSPS) is 14.7. The summed E-state index contributed by atoms with van der Waals surface area (Å²) in [7, 11) is 0. The van der Waals surface area contributed by atoms with Crippen LogP contribution in [0.3, 0.4) is 0 Å². The Labute approximate surface area is 168 Å². The highest BCUT2D eigenvalue weighted by Crippen LogP contribution is 2.22. The van der Waals surface area contributed by atoms with Crippen LogP contribution in [0.15, 0.2) is 66.9 Å². The van der Waals surface area contributed by atoms with Crippen molar-refractivity contribution in [3.05, 3.63) is 78.0 Å². The lowest BCUT2D eigenvalue weighted by molar-refractivity contribution is -0.127. The van der Waals surface area contributed by atoms with Crippen LogP contribution in [-0.4, -0.2) is 52.7 Å². The number of allylic oxidation sites excluding steroid dienone is 1. The number of carbonyl (C=O) groups excluding carboxylic acids is 2. The standard InChI is InChI=1S/C23H20N4O2/c24-11-10-21(17-6-2-1-3-7-17)26-12-14-27(15-13-26)23(29)22(28)19-16-25-20-9-5-4-8-18(19)20/h1-10,16,25H,12-15H2. The molecule has 29 heavy (non-hydrogen) atoms. The van der Waals surface area contributed by atoms with Gasteiger partial charge in [0.05, 0.1) is 17.3 Å². The molecule has 6 nitrogen and oxygen atoms in total. The number of fused-ring (bicyclic) bond motifs is 1. The predicted molar refractivity (Wildman–Crippen MR) is 111 cm³/mol. The third kappa shape index (κ3) is 3.63. The topological polar surface area (TPSA) is 80.2 Å². The smallest absolute Gasteiger partial charge is 0.295 e. The van der Waals surface area contributed by atoms with Crippen molar-refractivity contribution in [1.82, 2.24) is 14.8 Å². The van der Waals surface area contributed by atoms with E-state index in [1.165, 1.54) is 6.08 Å². The van der Waals surface area contributed by atoms with E-state index in [9.17, 15) is 9.59 Å². The van der Waals surface area contributed by atoms with Gasteiger partial charge in [-0.2, -0.15) is 5.26 Å². The van der Waals surface area contributed by atoms with Gasteiger partial charge in [0.15, 0.2) is 0 Å². The van der Waals surface area contributed by atoms with Crippen molar-refractivity contribution in [2.75, 3.05) is 26.2 Å². The van der Waals surface area contributed by atoms with Gasteiger partial charge in [0, 0.05) is 49.4 Å². The number of aromatic amines is 1. The van der Waals surface area contributed by atoms with Crippen LogP contribution in [0.25, 0.3) is 16.6 Å². The van der Waals surface area contributed by atoms with Crippen molar-refractivity contribution in [3.63, 3.8) is 0 Å². The van der Waals surface area contributed by atoms with Gasteiger partial charge in [0.1, 0.15) is 0 Å². The summed E-state index contributed by atoms with van der Waals surface area (Å²) in [6.07, 6.45) is 3.13. The number of piperazine rings is 1. The van der Waals surface area contributed by atoms with Gasteiger partial charge in [-0.1, -0.05) is 48.5 Å². The number of rotatable bonds is 4. The van der Waals surface area contributed by atoms with E-state index in [1.54, 1.807) is 11.1 Å². The fourth-order valence-electron chi connectivity index (χ4n) is 3.70. The van der Waals surface area contributed by atoms with Gasteiger partial charge >= 0.3 is 0 Å². The van der Waals surface area contributed by atoms with Crippen molar-refractivity contribution < 1.29 is 9.59 Å². The molecule has 1 N–H and O–H groups in total. The van der Waals surface area contributed by atoms with Crippen LogP contribution in [0, 0.1) is 11.3 Å². The van der Waals surface area contributed by atoms with Crippen LogP contribution >= 0.6 is 0 Å². The maximum Gasteiger partial charge on any atom is 0.295 e. The first-order chi connectivity index (χ1) is 14.2. The minimum atomic E-state index is -0.494. The number of benzene rings is 2. The van der Waals surface area contributed by atoms with Gasteiger partial charge in [0.2, 0.25) is 0 Å². The van der Waals surface area contributed by atoms with E-state index < -0.39 is 11.7 Å². The molecule has 1 saturated heterocycles. The SMILES string of the molecule is N#CC=C(c1ccccc1)N1CCN(C(=O)C(=O)c2c[nH]c3ccccc23)CC1. The molecule has 1 aliphatic rings. The Kier molecular flexibility index (Phi) is 5.12. The van der Waals surface area contributed by atoms with E-state index in [0.29, 0.717) is 31.7 Å². The number of H-pyrrole nitrogens is 1. The lowest BCUT2D eigenvalue weighted by Gasteiger charge is -2.37. The summed E-state index contributed by atoms with van der Waals surface area (Å²) in [5.74, 6) is -0.980. The van der Waals surface area contributed by atoms with E-state index in [-0.39, 0.29) is 0 Å². The Morgan fingerprint density at radius 1 is 0.931 bits per heavy atom. The number of aromatic nitrogens is 1. The highest BCUT2D eigenvalue weighted by atomic mass is 16.2. The molecule has 0 bridgehead atoms. The number of carbonyl (C=O) groups is 2. The molecule has 1 fully saturated rings. The fraction of sp³-hybridized carbons (Fsp3) is 0.174. The molecule has 0 aliphatic carbocycles. The Morgan fingerprint density at radius 2 is 1.59 bits per heavy atom. The molecule has 0 saturated carbocycles. The Morgan fingerprint density at radius 3 is 2.31 bits per heavy atom. The molecule has 1 amide bonds. The van der Waals surface area contributed by atoms with Gasteiger partial charge in [0.25, 0.3) is 11.7 Å². The highest BCUT2D eigenvalue weighted by Gasteiger charge is 2.29. The lowest BCUT2D eigenvalue weighted by Crippen LogP contribution is -2.49. The molecule has 4 rings (SSSR count). The third-order valence-electron chi connectivity index (χ3n) is 5.21. The van der Waals surface area contributed by atoms with Gasteiger partial charge in [-0.25, -0.2) is 0 Å². The first-order valence-corrected chi connectivity index (χ1v) is 9.49. The number of amides is 1. The van der Waals surface area contributed by atoms with E-state index in [2.05, 4.69) is 16.0 Å². The fourth-order valence-corrected chi connectivity index (χ4v) is 3.70. The Bertz CT molecular complexity index is 1120. The van der Waals surface area contributed by atoms with Crippen molar-refractivity contribution in [2.24, 2.45) is 0 Å². The first-order valence-electron chi connectivity index (χ1n) is 9.49. The molecular weight excluding hydrogens is 364 g/mol. The highest BCUT2D eigenvalue weighted by molar-refractivity contribution is 6.44. The maximum absolute atomic E-state index is 12.8. The molecular formula is C23H20N4O2. The second kappa shape index (κ2) is 8.03. The zero-order valence-electron chi connectivity index (χ0n) is 15.8. The van der Waals surface area contributed by atoms with Crippen molar-refractivity contribution in [1.29, 1.82) is 5.26 Å². The van der Waals surface area contributed by atoms with Crippen molar-refractivity contribution in [3.8, 4) is 6.07 Å². The second-order valence-corrected chi connectivity index (χ2v) is 6.88. The van der Waals surface area contributed by atoms with Gasteiger partial charge in [-0.15, -0.1) is 0 Å². The number of para-hydroxylation sites is 1. The molecule has 1 aromatic heterocycles. The predicted octanol–water partition coefficient (Wildman–Crippen LogP) is 3.06. The first kappa shape index (κ1) is 18.5. The lowest BCUT2D eigenvalue weighted by atomic mass is 10.1. The molecule has 0 radical (unpaired) electrons. The number of nitriles is 1. The minimum absolute atomic E-state index is 0.405. The Balaban J connectivity index is 1.46. The quantitative estimate of drug-likeness (QED) is 0.426. The molecule has 0 unspecified atom stereocenters. The van der Waals surface area contributed by atoms with Crippen LogP contribution in [0.5, 0.6) is 0 Å². The number of Topliss-reactive ketones (excluding diaryl/α,β-unsaturated/α-hetero) is 1. The van der Waals surface area contributed by atoms with Gasteiger partial charge in [-0.3, -0.25) is 9.59 Å². The van der Waals surface area contributed by atoms with E-state index >= 15 is 0 Å². The zero-order valence-corrected chi connectivity index (χ0v) is 15.8. The molecule has 3 aromatic rings. The van der Waals surface area contributed by atoms with Gasteiger partial charge < -0.3 is 14.8 Å². The van der Waals surface area contributed by atoms with Crippen LogP contribution in [0.1, 0.15) is 15.9 Å². The number of hydrogen-bond donors (Lipinski definition) is 1. The molecule has 6 heteroatoms. The van der Waals surface area contributed by atoms with E-state index in [0.717, 1.165) is 22.2 Å². The van der Waals surface area contributed by atoms with Crippen LogP contribution < -0.4 is 0 Å². The minimum Gasteiger partial charge on any atom is -0.367 e. The zero-order chi connectivity index (χ0) is 20.2. The largest absolute Gasteiger partial charge is 0.367 e. The van der Waals surface area contributed by atoms with Gasteiger partial charge in [-0.05, 0) is 11.6 Å². The molecule has 1 aliphatic heterocycles. The molecule has 0 spiro atoms. The Hall–Kier alpha value is -3.85. The van der Waals surface area contributed by atoms with Crippen molar-refractivity contribution >= 4 is 28.3 Å². The summed E-state index contributed by atoms with van der Waals surface area (Å²) >= 11 is 0. The summed E-state index contributed by atoms with van der Waals surface area (Å²) in [5.41, 5.74) is 3.04. The number of nitrogens with zero attached hydrogens (tertiary/aromatic N) is 3. The molecule has 2 aromatic carbocycles. The average molecular weight is 384 g/mol. The monoisotopic (exact) mass is 384 g/mol. The van der Waals surface area contributed by atoms with Crippen LogP contribution in [-0.2, 0) is 4.79 Å².